The van der Waals surface area contributed by atoms with Gasteiger partial charge in [-0.2, -0.15) is 0 Å². The fourth-order valence-electron chi connectivity index (χ4n) is 2.02. The number of hydrogen-bond donors (Lipinski definition) is 1. The summed E-state index contributed by atoms with van der Waals surface area (Å²) < 4.78 is 1.40. The Morgan fingerprint density at radius 2 is 1.90 bits per heavy atom. The van der Waals surface area contributed by atoms with Gasteiger partial charge in [0.1, 0.15) is 12.2 Å². The zero-order chi connectivity index (χ0) is 14.7. The summed E-state index contributed by atoms with van der Waals surface area (Å²) in [6, 6.07) is 5.83. The molecule has 20 heavy (non-hydrogen) atoms. The third kappa shape index (κ3) is 3.09. The predicted octanol–water partition coefficient (Wildman–Crippen LogP) is 1.65. The minimum atomic E-state index is -0.208. The van der Waals surface area contributed by atoms with Gasteiger partial charge in [-0.1, -0.05) is 11.3 Å². The number of nitrogens with one attached hydrogen (secondary N) is 1. The van der Waals surface area contributed by atoms with Crippen molar-refractivity contribution < 1.29 is 9.59 Å². The molecule has 0 atom stereocenters. The van der Waals surface area contributed by atoms with Gasteiger partial charge >= 0.3 is 0 Å². The lowest BCUT2D eigenvalue weighted by Crippen LogP contribution is -2.20. The molecule has 6 nitrogen and oxygen atoms in total. The topological polar surface area (TPSA) is 76.9 Å². The number of rotatable bonds is 4. The van der Waals surface area contributed by atoms with Crippen LogP contribution in [0.2, 0.25) is 0 Å². The standard InChI is InChI=1S/C14H16N4O2/c1-9-4-10(2)6-12(5-9)15-14(20)7-18-11(3)13(8-19)16-17-18/h4-6,8H,7H2,1-3H3,(H,15,20). The van der Waals surface area contributed by atoms with Crippen molar-refractivity contribution in [1.82, 2.24) is 15.0 Å². The smallest absolute Gasteiger partial charge is 0.246 e. The van der Waals surface area contributed by atoms with Crippen molar-refractivity contribution in [2.45, 2.75) is 27.3 Å². The number of aldehydes is 1. The molecular formula is C14H16N4O2. The third-order valence-corrected chi connectivity index (χ3v) is 2.93. The molecule has 0 bridgehead atoms. The maximum atomic E-state index is 12.0. The van der Waals surface area contributed by atoms with Crippen LogP contribution in [0, 0.1) is 20.8 Å². The molecule has 1 N–H and O–H groups in total. The van der Waals surface area contributed by atoms with E-state index in [0.717, 1.165) is 16.8 Å². The Balaban J connectivity index is 2.08. The summed E-state index contributed by atoms with van der Waals surface area (Å²) in [7, 11) is 0. The molecule has 0 aliphatic carbocycles. The van der Waals surface area contributed by atoms with Gasteiger partial charge in [0.2, 0.25) is 5.91 Å². The van der Waals surface area contributed by atoms with E-state index in [0.29, 0.717) is 12.0 Å². The molecule has 104 valence electrons. The van der Waals surface area contributed by atoms with Gasteiger partial charge < -0.3 is 5.32 Å². The van der Waals surface area contributed by atoms with E-state index >= 15 is 0 Å². The van der Waals surface area contributed by atoms with Crippen LogP contribution in [0.25, 0.3) is 0 Å². The van der Waals surface area contributed by atoms with Gasteiger partial charge in [-0.3, -0.25) is 9.59 Å². The van der Waals surface area contributed by atoms with E-state index in [2.05, 4.69) is 15.6 Å². The summed E-state index contributed by atoms with van der Waals surface area (Å²) in [5.41, 5.74) is 3.75. The number of aryl methyl sites for hydroxylation is 2. The van der Waals surface area contributed by atoms with Gasteiger partial charge in [0.15, 0.2) is 6.29 Å². The number of benzene rings is 1. The normalized spacial score (nSPS) is 10.3. The summed E-state index contributed by atoms with van der Waals surface area (Å²) in [5, 5.41) is 10.3. The zero-order valence-electron chi connectivity index (χ0n) is 11.7. The Morgan fingerprint density at radius 3 is 2.45 bits per heavy atom. The Hall–Kier alpha value is -2.50. The third-order valence-electron chi connectivity index (χ3n) is 2.93. The van der Waals surface area contributed by atoms with Crippen molar-refractivity contribution in [3.05, 3.63) is 40.7 Å². The first kappa shape index (κ1) is 13.9. The molecule has 6 heteroatoms. The molecule has 2 rings (SSSR count). The van der Waals surface area contributed by atoms with Crippen molar-refractivity contribution in [3.8, 4) is 0 Å². The second-order valence-electron chi connectivity index (χ2n) is 4.76. The van der Waals surface area contributed by atoms with Crippen LogP contribution in [0.4, 0.5) is 5.69 Å². The number of carbonyl (C=O) groups excluding carboxylic acids is 2. The number of aromatic nitrogens is 3. The lowest BCUT2D eigenvalue weighted by Gasteiger charge is -2.08. The quantitative estimate of drug-likeness (QED) is 0.859. The first-order valence-electron chi connectivity index (χ1n) is 6.23. The van der Waals surface area contributed by atoms with Gasteiger partial charge in [0.25, 0.3) is 0 Å². The molecule has 0 spiro atoms. The van der Waals surface area contributed by atoms with Crippen LogP contribution in [0.3, 0.4) is 0 Å². The molecule has 0 saturated carbocycles. The molecule has 1 aromatic heterocycles. The van der Waals surface area contributed by atoms with Crippen LogP contribution < -0.4 is 5.32 Å². The van der Waals surface area contributed by atoms with E-state index in [-0.39, 0.29) is 18.1 Å². The minimum Gasteiger partial charge on any atom is -0.324 e. The Labute approximate surface area is 116 Å². The molecular weight excluding hydrogens is 256 g/mol. The summed E-state index contributed by atoms with van der Waals surface area (Å²) in [5.74, 6) is -0.208. The molecule has 0 fully saturated rings. The molecule has 0 aliphatic rings. The highest BCUT2D eigenvalue weighted by Crippen LogP contribution is 2.13. The van der Waals surface area contributed by atoms with Crippen molar-refractivity contribution in [1.29, 1.82) is 0 Å². The maximum Gasteiger partial charge on any atom is 0.246 e. The number of hydrogen-bond acceptors (Lipinski definition) is 4. The highest BCUT2D eigenvalue weighted by molar-refractivity contribution is 5.90. The van der Waals surface area contributed by atoms with Gasteiger partial charge in [-0.15, -0.1) is 5.10 Å². The van der Waals surface area contributed by atoms with E-state index in [9.17, 15) is 9.59 Å². The SMILES string of the molecule is Cc1cc(C)cc(NC(=O)Cn2nnc(C=O)c2C)c1. The monoisotopic (exact) mass is 272 g/mol. The van der Waals surface area contributed by atoms with E-state index < -0.39 is 0 Å². The van der Waals surface area contributed by atoms with Crippen molar-refractivity contribution >= 4 is 17.9 Å². The largest absolute Gasteiger partial charge is 0.324 e. The van der Waals surface area contributed by atoms with Crippen LogP contribution in [0.5, 0.6) is 0 Å². The number of nitrogens with zero attached hydrogens (tertiary/aromatic N) is 3. The second-order valence-corrected chi connectivity index (χ2v) is 4.76. The first-order chi connectivity index (χ1) is 9.49. The summed E-state index contributed by atoms with van der Waals surface area (Å²) in [4.78, 5) is 22.6. The number of anilines is 1. The molecule has 1 aromatic carbocycles. The summed E-state index contributed by atoms with van der Waals surface area (Å²) >= 11 is 0. The average Bonchev–Trinajstić information content (AvgIpc) is 2.69. The molecule has 2 aromatic rings. The average molecular weight is 272 g/mol. The fraction of sp³-hybridized carbons (Fsp3) is 0.286. The Bertz CT molecular complexity index is 641. The van der Waals surface area contributed by atoms with E-state index in [1.165, 1.54) is 4.68 Å². The van der Waals surface area contributed by atoms with Gasteiger partial charge in [0, 0.05) is 5.69 Å². The van der Waals surface area contributed by atoms with Crippen molar-refractivity contribution in [2.75, 3.05) is 5.32 Å². The molecule has 1 amide bonds. The van der Waals surface area contributed by atoms with Crippen molar-refractivity contribution in [2.24, 2.45) is 0 Å². The van der Waals surface area contributed by atoms with Crippen LogP contribution >= 0.6 is 0 Å². The lowest BCUT2D eigenvalue weighted by atomic mass is 10.1. The highest BCUT2D eigenvalue weighted by atomic mass is 16.2. The zero-order valence-corrected chi connectivity index (χ0v) is 11.7. The van der Waals surface area contributed by atoms with E-state index in [1.54, 1.807) is 6.92 Å². The summed E-state index contributed by atoms with van der Waals surface area (Å²) in [6.45, 7) is 5.68. The van der Waals surface area contributed by atoms with Crippen LogP contribution in [0.1, 0.15) is 27.3 Å². The van der Waals surface area contributed by atoms with E-state index in [1.807, 2.05) is 32.0 Å². The lowest BCUT2D eigenvalue weighted by molar-refractivity contribution is -0.117. The molecule has 1 heterocycles. The first-order valence-corrected chi connectivity index (χ1v) is 6.23. The van der Waals surface area contributed by atoms with Gasteiger partial charge in [-0.05, 0) is 44.0 Å². The second kappa shape index (κ2) is 5.64. The summed E-state index contributed by atoms with van der Waals surface area (Å²) in [6.07, 6.45) is 0.626. The molecule has 0 radical (unpaired) electrons. The molecule has 0 aliphatic heterocycles. The van der Waals surface area contributed by atoms with E-state index in [4.69, 9.17) is 0 Å². The van der Waals surface area contributed by atoms with Crippen LogP contribution in [0.15, 0.2) is 18.2 Å². The maximum absolute atomic E-state index is 12.0. The van der Waals surface area contributed by atoms with Crippen molar-refractivity contribution in [3.63, 3.8) is 0 Å². The molecule has 0 unspecified atom stereocenters. The van der Waals surface area contributed by atoms with Gasteiger partial charge in [0.05, 0.1) is 5.69 Å². The Kier molecular flexibility index (Phi) is 3.93. The minimum absolute atomic E-state index is 0.0274. The molecule has 0 saturated heterocycles. The highest BCUT2D eigenvalue weighted by Gasteiger charge is 2.11. The van der Waals surface area contributed by atoms with Gasteiger partial charge in [-0.25, -0.2) is 4.68 Å². The Morgan fingerprint density at radius 1 is 1.25 bits per heavy atom. The predicted molar refractivity (Wildman–Crippen MR) is 74.7 cm³/mol. The van der Waals surface area contributed by atoms with Crippen LogP contribution in [-0.2, 0) is 11.3 Å². The number of carbonyl (C=O) groups is 2. The number of amides is 1. The van der Waals surface area contributed by atoms with Crippen LogP contribution in [-0.4, -0.2) is 27.2 Å². The fourth-order valence-corrected chi connectivity index (χ4v) is 2.02.